The average Bonchev–Trinajstić information content (AvgIpc) is 2.32. The molecule has 0 aliphatic heterocycles. The number of hydrogen-bond donors (Lipinski definition) is 1. The molecule has 18 heavy (non-hydrogen) atoms. The van der Waals surface area contributed by atoms with Gasteiger partial charge >= 0.3 is 0 Å². The Morgan fingerprint density at radius 3 is 2.39 bits per heavy atom. The lowest BCUT2D eigenvalue weighted by Crippen LogP contribution is -1.93. The fourth-order valence-corrected chi connectivity index (χ4v) is 2.30. The number of nitrogen functional groups attached to an aromatic ring is 1. The van der Waals surface area contributed by atoms with E-state index in [9.17, 15) is 0 Å². The molecule has 2 nitrogen and oxygen atoms in total. The molecule has 0 fully saturated rings. The Kier molecular flexibility index (Phi) is 4.28. The summed E-state index contributed by atoms with van der Waals surface area (Å²) in [4.78, 5) is 0. The first-order valence-corrected chi connectivity index (χ1v) is 6.78. The third kappa shape index (κ3) is 2.86. The van der Waals surface area contributed by atoms with Crippen molar-refractivity contribution in [3.05, 3.63) is 49.9 Å². The maximum atomic E-state index is 6.06. The van der Waals surface area contributed by atoms with Crippen LogP contribution in [0.4, 0.5) is 5.69 Å². The van der Waals surface area contributed by atoms with Crippen LogP contribution < -0.4 is 10.5 Å². The third-order valence-corrected chi connectivity index (χ3v) is 4.03. The van der Waals surface area contributed by atoms with E-state index in [4.69, 9.17) is 45.3 Å². The van der Waals surface area contributed by atoms with E-state index in [2.05, 4.69) is 15.9 Å². The van der Waals surface area contributed by atoms with Crippen LogP contribution in [0.15, 0.2) is 34.8 Å². The lowest BCUT2D eigenvalue weighted by atomic mass is 10.3. The van der Waals surface area contributed by atoms with Gasteiger partial charge in [0.1, 0.15) is 5.75 Å². The van der Waals surface area contributed by atoms with E-state index < -0.39 is 0 Å². The maximum absolute atomic E-state index is 6.06. The zero-order valence-corrected chi connectivity index (χ0v) is 12.7. The second-order valence-corrected chi connectivity index (χ2v) is 5.53. The highest BCUT2D eigenvalue weighted by Gasteiger charge is 2.10. The van der Waals surface area contributed by atoms with Gasteiger partial charge in [0.15, 0.2) is 5.75 Å². The van der Waals surface area contributed by atoms with Crippen molar-refractivity contribution in [2.75, 3.05) is 5.73 Å². The first-order valence-electron chi connectivity index (χ1n) is 4.85. The third-order valence-electron chi connectivity index (χ3n) is 2.21. The van der Waals surface area contributed by atoms with Crippen LogP contribution in [0.5, 0.6) is 11.5 Å². The first kappa shape index (κ1) is 13.8. The normalized spacial score (nSPS) is 10.4. The summed E-state index contributed by atoms with van der Waals surface area (Å²) in [6.45, 7) is 0. The predicted molar refractivity (Wildman–Crippen MR) is 80.1 cm³/mol. The number of benzene rings is 2. The largest absolute Gasteiger partial charge is 0.454 e. The number of hydrogen-bond acceptors (Lipinski definition) is 2. The van der Waals surface area contributed by atoms with Gasteiger partial charge in [-0.1, -0.05) is 40.9 Å². The van der Waals surface area contributed by atoms with E-state index in [-0.39, 0.29) is 0 Å². The molecule has 2 aromatic carbocycles. The highest BCUT2D eigenvalue weighted by molar-refractivity contribution is 9.10. The van der Waals surface area contributed by atoms with Gasteiger partial charge in [-0.15, -0.1) is 0 Å². The van der Waals surface area contributed by atoms with Crippen molar-refractivity contribution in [3.63, 3.8) is 0 Å². The van der Waals surface area contributed by atoms with E-state index in [1.165, 1.54) is 0 Å². The molecule has 0 saturated heterocycles. The highest BCUT2D eigenvalue weighted by atomic mass is 79.9. The Bertz CT molecular complexity index is 604. The molecule has 0 aromatic heterocycles. The van der Waals surface area contributed by atoms with E-state index in [1.807, 2.05) is 0 Å². The molecule has 0 radical (unpaired) electrons. The second-order valence-electron chi connectivity index (χ2n) is 3.45. The SMILES string of the molecule is Nc1c(Cl)cccc1Oc1cc(Cl)c(Br)cc1Cl. The van der Waals surface area contributed by atoms with Gasteiger partial charge in [-0.05, 0) is 34.1 Å². The van der Waals surface area contributed by atoms with Crippen molar-refractivity contribution in [3.8, 4) is 11.5 Å². The number of rotatable bonds is 2. The quantitative estimate of drug-likeness (QED) is 0.539. The van der Waals surface area contributed by atoms with Gasteiger partial charge in [-0.25, -0.2) is 0 Å². The lowest BCUT2D eigenvalue weighted by Gasteiger charge is -2.11. The molecule has 2 N–H and O–H groups in total. The van der Waals surface area contributed by atoms with Crippen molar-refractivity contribution < 1.29 is 4.74 Å². The average molecular weight is 367 g/mol. The zero-order chi connectivity index (χ0) is 13.3. The summed E-state index contributed by atoms with van der Waals surface area (Å²) >= 11 is 21.2. The Hall–Kier alpha value is -0.610. The summed E-state index contributed by atoms with van der Waals surface area (Å²) < 4.78 is 6.30. The van der Waals surface area contributed by atoms with Gasteiger partial charge in [0.05, 0.1) is 20.8 Å². The van der Waals surface area contributed by atoms with Crippen molar-refractivity contribution in [2.24, 2.45) is 0 Å². The van der Waals surface area contributed by atoms with E-state index in [0.29, 0.717) is 36.7 Å². The van der Waals surface area contributed by atoms with Gasteiger partial charge < -0.3 is 10.5 Å². The maximum Gasteiger partial charge on any atom is 0.151 e. The standard InChI is InChI=1S/C12H7BrCl3NO/c13-6-4-9(16)11(5-8(6)15)18-10-3-1-2-7(14)12(10)17/h1-5H,17H2. The van der Waals surface area contributed by atoms with E-state index >= 15 is 0 Å². The van der Waals surface area contributed by atoms with Crippen molar-refractivity contribution >= 4 is 56.4 Å². The van der Waals surface area contributed by atoms with Crippen LogP contribution in [0.25, 0.3) is 0 Å². The fraction of sp³-hybridized carbons (Fsp3) is 0. The van der Waals surface area contributed by atoms with E-state index in [0.717, 1.165) is 0 Å². The molecule has 94 valence electrons. The predicted octanol–water partition coefficient (Wildman–Crippen LogP) is 5.78. The smallest absolute Gasteiger partial charge is 0.151 e. The number of ether oxygens (including phenoxy) is 1. The molecule has 2 aromatic rings. The molecule has 0 amide bonds. The van der Waals surface area contributed by atoms with Crippen molar-refractivity contribution in [1.29, 1.82) is 0 Å². The molecule has 0 aliphatic carbocycles. The van der Waals surface area contributed by atoms with Crippen LogP contribution in [-0.2, 0) is 0 Å². The lowest BCUT2D eigenvalue weighted by molar-refractivity contribution is 0.485. The van der Waals surface area contributed by atoms with Gasteiger partial charge in [-0.3, -0.25) is 0 Å². The van der Waals surface area contributed by atoms with Crippen LogP contribution >= 0.6 is 50.7 Å². The Morgan fingerprint density at radius 1 is 0.944 bits per heavy atom. The van der Waals surface area contributed by atoms with Crippen LogP contribution in [0.3, 0.4) is 0 Å². The summed E-state index contributed by atoms with van der Waals surface area (Å²) in [7, 11) is 0. The Morgan fingerprint density at radius 2 is 1.67 bits per heavy atom. The summed E-state index contributed by atoms with van der Waals surface area (Å²) in [6, 6.07) is 8.38. The van der Waals surface area contributed by atoms with Crippen LogP contribution in [0, 0.1) is 0 Å². The molecule has 0 spiro atoms. The minimum absolute atomic E-state index is 0.356. The molecule has 0 unspecified atom stereocenters. The highest BCUT2D eigenvalue weighted by Crippen LogP contribution is 2.39. The van der Waals surface area contributed by atoms with Gasteiger partial charge in [0, 0.05) is 10.5 Å². The van der Waals surface area contributed by atoms with Crippen LogP contribution in [0.1, 0.15) is 0 Å². The van der Waals surface area contributed by atoms with Gasteiger partial charge in [-0.2, -0.15) is 0 Å². The summed E-state index contributed by atoms with van der Waals surface area (Å²) in [5.41, 5.74) is 6.16. The molecule has 0 saturated carbocycles. The molecule has 0 atom stereocenters. The zero-order valence-electron chi connectivity index (χ0n) is 8.88. The van der Waals surface area contributed by atoms with Crippen molar-refractivity contribution in [2.45, 2.75) is 0 Å². The molecule has 2 rings (SSSR count). The summed E-state index contributed by atoms with van der Waals surface area (Å²) in [5.74, 6) is 0.849. The molecular formula is C12H7BrCl3NO. The van der Waals surface area contributed by atoms with Crippen LogP contribution in [0.2, 0.25) is 15.1 Å². The first-order chi connectivity index (χ1) is 8.49. The topological polar surface area (TPSA) is 35.2 Å². The molecule has 0 bridgehead atoms. The minimum atomic E-state index is 0.356. The molecule has 6 heteroatoms. The number of anilines is 1. The second kappa shape index (κ2) is 5.57. The summed E-state index contributed by atoms with van der Waals surface area (Å²) in [6.07, 6.45) is 0. The fourth-order valence-electron chi connectivity index (χ4n) is 1.31. The minimum Gasteiger partial charge on any atom is -0.454 e. The van der Waals surface area contributed by atoms with Crippen molar-refractivity contribution in [1.82, 2.24) is 0 Å². The van der Waals surface area contributed by atoms with Crippen LogP contribution in [-0.4, -0.2) is 0 Å². The monoisotopic (exact) mass is 365 g/mol. The van der Waals surface area contributed by atoms with Gasteiger partial charge in [0.25, 0.3) is 0 Å². The van der Waals surface area contributed by atoms with E-state index in [1.54, 1.807) is 30.3 Å². The molecule has 0 aliphatic rings. The number of halogens is 4. The molecule has 0 heterocycles. The Labute approximate surface area is 128 Å². The Balaban J connectivity index is 2.40. The molecular weight excluding hydrogens is 360 g/mol. The number of nitrogens with two attached hydrogens (primary N) is 1. The number of para-hydroxylation sites is 1. The van der Waals surface area contributed by atoms with Gasteiger partial charge in [0.2, 0.25) is 0 Å². The summed E-state index contributed by atoms with van der Waals surface area (Å²) in [5, 5.41) is 1.34.